The number of benzene rings is 1. The van der Waals surface area contributed by atoms with Crippen LogP contribution in [0.5, 0.6) is 0 Å². The Morgan fingerprint density at radius 1 is 1.19 bits per heavy atom. The molecule has 150 valence electrons. The van der Waals surface area contributed by atoms with E-state index in [-0.39, 0.29) is 30.0 Å². The molecule has 1 amide bonds. The van der Waals surface area contributed by atoms with Crippen molar-refractivity contribution in [3.05, 3.63) is 35.6 Å². The first-order valence-electron chi connectivity index (χ1n) is 9.82. The number of likely N-dealkylation sites (tertiary alicyclic amines) is 1. The molecule has 0 N–H and O–H groups in total. The minimum absolute atomic E-state index is 0.0430. The maximum atomic E-state index is 13.1. The van der Waals surface area contributed by atoms with Crippen molar-refractivity contribution in [1.82, 2.24) is 9.80 Å². The third kappa shape index (κ3) is 7.29. The van der Waals surface area contributed by atoms with Gasteiger partial charge >= 0.3 is 5.97 Å². The highest BCUT2D eigenvalue weighted by atomic mass is 19.1. The molecule has 1 aromatic carbocycles. The van der Waals surface area contributed by atoms with Gasteiger partial charge in [0.05, 0.1) is 19.4 Å². The van der Waals surface area contributed by atoms with Crippen LogP contribution in [0, 0.1) is 11.7 Å². The summed E-state index contributed by atoms with van der Waals surface area (Å²) < 4.78 is 17.9. The number of carbonyl (C=O) groups is 2. The van der Waals surface area contributed by atoms with Crippen LogP contribution in [0.4, 0.5) is 4.39 Å². The molecular weight excluding hydrogens is 347 g/mol. The summed E-state index contributed by atoms with van der Waals surface area (Å²) in [6.07, 6.45) is 4.70. The van der Waals surface area contributed by atoms with Gasteiger partial charge in [0, 0.05) is 13.1 Å². The van der Waals surface area contributed by atoms with Crippen molar-refractivity contribution >= 4 is 11.9 Å². The molecule has 1 unspecified atom stereocenters. The average Bonchev–Trinajstić information content (AvgIpc) is 3.18. The van der Waals surface area contributed by atoms with Gasteiger partial charge in [0.2, 0.25) is 5.91 Å². The van der Waals surface area contributed by atoms with Crippen LogP contribution in [0.25, 0.3) is 0 Å². The number of hydrogen-bond donors (Lipinski definition) is 0. The second kappa shape index (κ2) is 11.0. The summed E-state index contributed by atoms with van der Waals surface area (Å²) >= 11 is 0. The molecule has 0 radical (unpaired) electrons. The maximum Gasteiger partial charge on any atom is 0.310 e. The Hall–Kier alpha value is -1.95. The zero-order chi connectivity index (χ0) is 19.6. The van der Waals surface area contributed by atoms with E-state index in [1.165, 1.54) is 45.2 Å². The number of amides is 1. The van der Waals surface area contributed by atoms with Crippen LogP contribution in [-0.4, -0.2) is 61.5 Å². The van der Waals surface area contributed by atoms with Crippen LogP contribution in [-0.2, 0) is 20.7 Å². The fourth-order valence-electron chi connectivity index (χ4n) is 3.46. The van der Waals surface area contributed by atoms with Gasteiger partial charge < -0.3 is 14.5 Å². The Bertz CT molecular complexity index is 600. The lowest BCUT2D eigenvalue weighted by Crippen LogP contribution is -2.39. The van der Waals surface area contributed by atoms with E-state index < -0.39 is 0 Å². The fourth-order valence-corrected chi connectivity index (χ4v) is 3.46. The molecule has 0 aliphatic carbocycles. The molecule has 1 saturated heterocycles. The van der Waals surface area contributed by atoms with Gasteiger partial charge in [-0.3, -0.25) is 9.59 Å². The largest absolute Gasteiger partial charge is 0.469 e. The normalized spacial score (nSPS) is 15.5. The van der Waals surface area contributed by atoms with Crippen LogP contribution in [0.1, 0.15) is 38.2 Å². The van der Waals surface area contributed by atoms with Gasteiger partial charge in [-0.2, -0.15) is 0 Å². The number of ether oxygens (including phenoxy) is 1. The quantitative estimate of drug-likeness (QED) is 0.464. The first-order chi connectivity index (χ1) is 13.0. The Labute approximate surface area is 161 Å². The Balaban J connectivity index is 1.89. The second-order valence-corrected chi connectivity index (χ2v) is 7.32. The molecule has 0 saturated carbocycles. The number of unbranched alkanes of at least 4 members (excludes halogenated alkanes) is 1. The topological polar surface area (TPSA) is 49.9 Å². The monoisotopic (exact) mass is 378 g/mol. The Morgan fingerprint density at radius 2 is 1.85 bits per heavy atom. The molecular formula is C21H31FN2O3. The predicted molar refractivity (Wildman–Crippen MR) is 103 cm³/mol. The van der Waals surface area contributed by atoms with Crippen molar-refractivity contribution in [2.24, 2.45) is 5.92 Å². The minimum Gasteiger partial charge on any atom is -0.469 e. The van der Waals surface area contributed by atoms with E-state index in [0.717, 1.165) is 24.9 Å². The van der Waals surface area contributed by atoms with Gasteiger partial charge in [0.25, 0.3) is 0 Å². The number of hydrogen-bond acceptors (Lipinski definition) is 4. The summed E-state index contributed by atoms with van der Waals surface area (Å²) in [5.41, 5.74) is 0.772. The molecule has 27 heavy (non-hydrogen) atoms. The number of rotatable bonds is 10. The Kier molecular flexibility index (Phi) is 8.72. The number of methoxy groups -OCH3 is 1. The van der Waals surface area contributed by atoms with Crippen molar-refractivity contribution in [3.8, 4) is 0 Å². The second-order valence-electron chi connectivity index (χ2n) is 7.32. The molecule has 1 fully saturated rings. The Morgan fingerprint density at radius 3 is 2.48 bits per heavy atom. The van der Waals surface area contributed by atoms with Crippen molar-refractivity contribution in [1.29, 1.82) is 0 Å². The molecule has 2 rings (SSSR count). The third-order valence-electron chi connectivity index (χ3n) is 5.07. The summed E-state index contributed by atoms with van der Waals surface area (Å²) in [4.78, 5) is 28.7. The van der Waals surface area contributed by atoms with Gasteiger partial charge in [-0.05, 0) is 63.0 Å². The van der Waals surface area contributed by atoms with Gasteiger partial charge in [0.1, 0.15) is 5.82 Å². The summed E-state index contributed by atoms with van der Waals surface area (Å²) in [7, 11) is 1.36. The van der Waals surface area contributed by atoms with Crippen LogP contribution >= 0.6 is 0 Å². The van der Waals surface area contributed by atoms with Crippen molar-refractivity contribution in [2.45, 2.75) is 39.0 Å². The van der Waals surface area contributed by atoms with E-state index in [1.54, 1.807) is 24.0 Å². The summed E-state index contributed by atoms with van der Waals surface area (Å²) in [6.45, 7) is 6.14. The van der Waals surface area contributed by atoms with E-state index in [4.69, 9.17) is 4.74 Å². The van der Waals surface area contributed by atoms with Crippen LogP contribution in [0.3, 0.4) is 0 Å². The van der Waals surface area contributed by atoms with Crippen molar-refractivity contribution < 1.29 is 18.7 Å². The summed E-state index contributed by atoms with van der Waals surface area (Å²) in [5.74, 6) is -1.04. The summed E-state index contributed by atoms with van der Waals surface area (Å²) in [5, 5.41) is 0. The van der Waals surface area contributed by atoms with E-state index in [0.29, 0.717) is 13.1 Å². The first kappa shape index (κ1) is 21.4. The molecule has 0 bridgehead atoms. The van der Waals surface area contributed by atoms with Gasteiger partial charge in [-0.15, -0.1) is 0 Å². The van der Waals surface area contributed by atoms with Gasteiger partial charge in [0.15, 0.2) is 0 Å². The maximum absolute atomic E-state index is 13.1. The molecule has 0 spiro atoms. The highest BCUT2D eigenvalue weighted by Crippen LogP contribution is 2.12. The molecule has 1 aliphatic heterocycles. The molecule has 1 atom stereocenters. The smallest absolute Gasteiger partial charge is 0.310 e. The zero-order valence-electron chi connectivity index (χ0n) is 16.5. The molecule has 1 heterocycles. The zero-order valence-corrected chi connectivity index (χ0v) is 16.5. The standard InChI is InChI=1S/C21H31FN2O3/c1-17(21(26)27-2)16-24(14-6-5-13-23-11-3-4-12-23)20(25)15-18-7-9-19(22)10-8-18/h7-10,17H,3-6,11-16H2,1-2H3. The highest BCUT2D eigenvalue weighted by molar-refractivity contribution is 5.80. The van der Waals surface area contributed by atoms with Crippen LogP contribution < -0.4 is 0 Å². The predicted octanol–water partition coefficient (Wildman–Crippen LogP) is 2.88. The minimum atomic E-state index is -0.370. The van der Waals surface area contributed by atoms with Gasteiger partial charge in [-0.25, -0.2) is 4.39 Å². The van der Waals surface area contributed by atoms with Gasteiger partial charge in [-0.1, -0.05) is 19.1 Å². The number of nitrogens with zero attached hydrogens (tertiary/aromatic N) is 2. The summed E-state index contributed by atoms with van der Waals surface area (Å²) in [6, 6.07) is 5.98. The van der Waals surface area contributed by atoms with E-state index in [9.17, 15) is 14.0 Å². The third-order valence-corrected chi connectivity index (χ3v) is 5.07. The molecule has 6 heteroatoms. The van der Waals surface area contributed by atoms with Crippen molar-refractivity contribution in [2.75, 3.05) is 39.8 Å². The molecule has 1 aromatic rings. The number of halogens is 1. The lowest BCUT2D eigenvalue weighted by atomic mass is 10.1. The number of carbonyl (C=O) groups excluding carboxylic acids is 2. The van der Waals surface area contributed by atoms with E-state index in [2.05, 4.69) is 4.90 Å². The number of esters is 1. The molecule has 1 aliphatic rings. The highest BCUT2D eigenvalue weighted by Gasteiger charge is 2.21. The lowest BCUT2D eigenvalue weighted by Gasteiger charge is -2.26. The first-order valence-corrected chi connectivity index (χ1v) is 9.82. The molecule has 5 nitrogen and oxygen atoms in total. The fraction of sp³-hybridized carbons (Fsp3) is 0.619. The lowest BCUT2D eigenvalue weighted by molar-refractivity contribution is -0.146. The van der Waals surface area contributed by atoms with E-state index in [1.807, 2.05) is 0 Å². The molecule has 0 aromatic heterocycles. The average molecular weight is 378 g/mol. The van der Waals surface area contributed by atoms with Crippen LogP contribution in [0.2, 0.25) is 0 Å². The van der Waals surface area contributed by atoms with Crippen molar-refractivity contribution in [3.63, 3.8) is 0 Å². The van der Waals surface area contributed by atoms with Crippen LogP contribution in [0.15, 0.2) is 24.3 Å². The SMILES string of the molecule is COC(=O)C(C)CN(CCCCN1CCCC1)C(=O)Cc1ccc(F)cc1. The van der Waals surface area contributed by atoms with E-state index >= 15 is 0 Å².